The number of hydrogen-bond acceptors (Lipinski definition) is 6. The predicted octanol–water partition coefficient (Wildman–Crippen LogP) is 5.14. The summed E-state index contributed by atoms with van der Waals surface area (Å²) in [5.74, 6) is 0.181. The van der Waals surface area contributed by atoms with Gasteiger partial charge in [-0.1, -0.05) is 17.7 Å². The van der Waals surface area contributed by atoms with E-state index in [0.29, 0.717) is 62.7 Å². The van der Waals surface area contributed by atoms with Crippen molar-refractivity contribution in [3.8, 4) is 22.8 Å². The van der Waals surface area contributed by atoms with Crippen LogP contribution in [0.5, 0.6) is 11.5 Å². The van der Waals surface area contributed by atoms with Gasteiger partial charge in [-0.15, -0.1) is 0 Å². The number of ether oxygens (including phenoxy) is 3. The first-order valence-corrected chi connectivity index (χ1v) is 11.1. The molecule has 1 fully saturated rings. The van der Waals surface area contributed by atoms with Crippen LogP contribution in [0, 0.1) is 5.92 Å². The van der Waals surface area contributed by atoms with Gasteiger partial charge in [0.2, 0.25) is 0 Å². The van der Waals surface area contributed by atoms with E-state index in [1.54, 1.807) is 30.3 Å². The van der Waals surface area contributed by atoms with E-state index in [1.807, 2.05) is 0 Å². The van der Waals surface area contributed by atoms with Crippen LogP contribution in [-0.4, -0.2) is 37.5 Å². The van der Waals surface area contributed by atoms with Crippen LogP contribution >= 0.6 is 27.5 Å². The molecule has 3 aromatic rings. The molecule has 4 rings (SSSR count). The Morgan fingerprint density at radius 3 is 2.72 bits per heavy atom. The van der Waals surface area contributed by atoms with E-state index in [2.05, 4.69) is 15.9 Å². The molecule has 32 heavy (non-hydrogen) atoms. The van der Waals surface area contributed by atoms with E-state index in [4.69, 9.17) is 35.3 Å². The fraction of sp³-hybridized carbons (Fsp3) is 0.304. The van der Waals surface area contributed by atoms with Crippen molar-refractivity contribution in [3.63, 3.8) is 0 Å². The topological polar surface area (TPSA) is 95.2 Å². The third-order valence-corrected chi connectivity index (χ3v) is 6.32. The van der Waals surface area contributed by atoms with E-state index in [1.165, 1.54) is 13.2 Å². The van der Waals surface area contributed by atoms with Crippen molar-refractivity contribution in [3.05, 3.63) is 56.1 Å². The zero-order chi connectivity index (χ0) is 22.8. The number of para-hydroxylation sites is 1. The van der Waals surface area contributed by atoms with Gasteiger partial charge in [-0.3, -0.25) is 9.59 Å². The standard InChI is InChI=1S/C23H20BrClO7/c1-29-20-10-16(24)15(19-11-18(26)14-3-2-4-17(25)22(14)32-19)9-21(20)31-6-5-30-13-7-12(8-13)23(27)28/h2-4,9-13H,5-8H2,1H3,(H,27,28)/t12-,13-. The van der Waals surface area contributed by atoms with Gasteiger partial charge in [0.1, 0.15) is 12.4 Å². The highest BCUT2D eigenvalue weighted by Crippen LogP contribution is 2.39. The molecule has 0 unspecified atom stereocenters. The second-order valence-electron chi connectivity index (χ2n) is 7.42. The zero-order valence-corrected chi connectivity index (χ0v) is 19.4. The number of carboxylic acid groups (broad SMARTS) is 1. The van der Waals surface area contributed by atoms with Crippen molar-refractivity contribution in [2.24, 2.45) is 5.92 Å². The van der Waals surface area contributed by atoms with Crippen LogP contribution in [0.25, 0.3) is 22.3 Å². The molecule has 2 aromatic carbocycles. The molecule has 9 heteroatoms. The summed E-state index contributed by atoms with van der Waals surface area (Å²) in [5, 5.41) is 9.68. The summed E-state index contributed by atoms with van der Waals surface area (Å²) in [6.07, 6.45) is 0.980. The van der Waals surface area contributed by atoms with Gasteiger partial charge < -0.3 is 23.7 Å². The Hall–Kier alpha value is -2.55. The molecule has 7 nitrogen and oxygen atoms in total. The average Bonchev–Trinajstić information content (AvgIpc) is 2.73. The Bertz CT molecular complexity index is 1220. The lowest BCUT2D eigenvalue weighted by molar-refractivity contribution is -0.151. The maximum atomic E-state index is 12.6. The average molecular weight is 524 g/mol. The number of halogens is 2. The van der Waals surface area contributed by atoms with E-state index in [0.717, 1.165) is 0 Å². The molecule has 0 aliphatic heterocycles. The Morgan fingerprint density at radius 2 is 2.00 bits per heavy atom. The molecule has 0 saturated heterocycles. The van der Waals surface area contributed by atoms with Gasteiger partial charge in [0.15, 0.2) is 22.5 Å². The number of fused-ring (bicyclic) bond motifs is 1. The van der Waals surface area contributed by atoms with Gasteiger partial charge in [-0.05, 0) is 53.0 Å². The summed E-state index contributed by atoms with van der Waals surface area (Å²) >= 11 is 9.72. The van der Waals surface area contributed by atoms with Crippen molar-refractivity contribution in [2.45, 2.75) is 18.9 Å². The van der Waals surface area contributed by atoms with Gasteiger partial charge >= 0.3 is 5.97 Å². The van der Waals surface area contributed by atoms with Gasteiger partial charge in [0.05, 0.1) is 36.1 Å². The van der Waals surface area contributed by atoms with Gasteiger partial charge in [-0.2, -0.15) is 0 Å². The van der Waals surface area contributed by atoms with Gasteiger partial charge in [0, 0.05) is 16.1 Å². The van der Waals surface area contributed by atoms with Crippen molar-refractivity contribution in [2.75, 3.05) is 20.3 Å². The number of hydrogen-bond donors (Lipinski definition) is 1. The third kappa shape index (κ3) is 4.62. The second-order valence-corrected chi connectivity index (χ2v) is 8.68. The summed E-state index contributed by atoms with van der Waals surface area (Å²) in [6.45, 7) is 0.561. The lowest BCUT2D eigenvalue weighted by Crippen LogP contribution is -2.37. The second kappa shape index (κ2) is 9.52. The van der Waals surface area contributed by atoms with Crippen molar-refractivity contribution >= 4 is 44.5 Å². The zero-order valence-electron chi connectivity index (χ0n) is 17.1. The maximum Gasteiger partial charge on any atom is 0.306 e. The molecule has 0 amide bonds. The Kier molecular flexibility index (Phi) is 6.74. The van der Waals surface area contributed by atoms with Crippen molar-refractivity contribution in [1.29, 1.82) is 0 Å². The van der Waals surface area contributed by atoms with Gasteiger partial charge in [0.25, 0.3) is 0 Å². The molecular formula is C23H20BrClO7. The molecule has 1 aliphatic rings. The summed E-state index contributed by atoms with van der Waals surface area (Å²) in [4.78, 5) is 23.4. The van der Waals surface area contributed by atoms with Gasteiger partial charge in [-0.25, -0.2) is 0 Å². The van der Waals surface area contributed by atoms with Crippen LogP contribution in [0.3, 0.4) is 0 Å². The number of methoxy groups -OCH3 is 1. The number of carboxylic acids is 1. The van der Waals surface area contributed by atoms with Crippen LogP contribution in [0.1, 0.15) is 12.8 Å². The van der Waals surface area contributed by atoms with E-state index in [-0.39, 0.29) is 24.1 Å². The third-order valence-electron chi connectivity index (χ3n) is 5.36. The van der Waals surface area contributed by atoms with Crippen LogP contribution < -0.4 is 14.9 Å². The van der Waals surface area contributed by atoms with Crippen LogP contribution in [-0.2, 0) is 9.53 Å². The molecule has 0 spiro atoms. The lowest BCUT2D eigenvalue weighted by atomic mass is 9.82. The molecule has 0 atom stereocenters. The quantitative estimate of drug-likeness (QED) is 0.408. The largest absolute Gasteiger partial charge is 0.493 e. The Balaban J connectivity index is 1.53. The predicted molar refractivity (Wildman–Crippen MR) is 123 cm³/mol. The highest BCUT2D eigenvalue weighted by molar-refractivity contribution is 9.10. The SMILES string of the molecule is COc1cc(Br)c(-c2cc(=O)c3cccc(Cl)c3o2)cc1OCCO[C@H]1C[C@H](C(=O)O)C1. The minimum absolute atomic E-state index is 0.0568. The van der Waals surface area contributed by atoms with Crippen LogP contribution in [0.4, 0.5) is 0 Å². The number of rotatable bonds is 8. The smallest absolute Gasteiger partial charge is 0.306 e. The highest BCUT2D eigenvalue weighted by atomic mass is 79.9. The molecule has 0 bridgehead atoms. The number of carbonyl (C=O) groups is 1. The minimum atomic E-state index is -0.783. The first kappa shape index (κ1) is 22.6. The minimum Gasteiger partial charge on any atom is -0.493 e. The Labute approximate surface area is 197 Å². The summed E-state index contributed by atoms with van der Waals surface area (Å²) in [7, 11) is 1.53. The van der Waals surface area contributed by atoms with E-state index < -0.39 is 5.97 Å². The molecule has 0 radical (unpaired) electrons. The molecule has 1 heterocycles. The molecule has 1 aromatic heterocycles. The van der Waals surface area contributed by atoms with Crippen LogP contribution in [0.2, 0.25) is 5.02 Å². The number of benzene rings is 2. The summed E-state index contributed by atoms with van der Waals surface area (Å²) in [6, 6.07) is 9.88. The van der Waals surface area contributed by atoms with E-state index >= 15 is 0 Å². The normalized spacial score (nSPS) is 17.7. The van der Waals surface area contributed by atoms with Crippen molar-refractivity contribution in [1.82, 2.24) is 0 Å². The molecule has 168 valence electrons. The number of aliphatic carboxylic acids is 1. The molecule has 1 saturated carbocycles. The summed E-state index contributed by atoms with van der Waals surface area (Å²) < 4.78 is 23.5. The highest BCUT2D eigenvalue weighted by Gasteiger charge is 2.35. The maximum absolute atomic E-state index is 12.6. The first-order chi connectivity index (χ1) is 15.4. The van der Waals surface area contributed by atoms with Crippen LogP contribution in [0.15, 0.2) is 50.1 Å². The fourth-order valence-corrected chi connectivity index (χ4v) is 4.27. The summed E-state index contributed by atoms with van der Waals surface area (Å²) in [5.41, 5.74) is 0.710. The molecule has 1 N–H and O–H groups in total. The first-order valence-electron chi connectivity index (χ1n) is 9.95. The molecular weight excluding hydrogens is 504 g/mol. The monoisotopic (exact) mass is 522 g/mol. The van der Waals surface area contributed by atoms with Crippen molar-refractivity contribution < 1.29 is 28.5 Å². The lowest BCUT2D eigenvalue weighted by Gasteiger charge is -2.32. The van der Waals surface area contributed by atoms with E-state index in [9.17, 15) is 9.59 Å². The fourth-order valence-electron chi connectivity index (χ4n) is 3.54. The Morgan fingerprint density at radius 1 is 1.22 bits per heavy atom. The molecule has 1 aliphatic carbocycles.